The van der Waals surface area contributed by atoms with Crippen LogP contribution in [-0.2, 0) is 13.7 Å². The van der Waals surface area contributed by atoms with E-state index in [1.807, 2.05) is 0 Å². The fraction of sp³-hybridized carbons (Fsp3) is 0.714. The summed E-state index contributed by atoms with van der Waals surface area (Å²) in [4.78, 5) is 0. The van der Waals surface area contributed by atoms with Gasteiger partial charge in [0.2, 0.25) is 11.6 Å². The molecule has 86 valence electrons. The third kappa shape index (κ3) is 2.03. The van der Waals surface area contributed by atoms with Crippen LogP contribution in [0.5, 0.6) is 0 Å². The fourth-order valence-corrected chi connectivity index (χ4v) is 1.28. The molecule has 16 heavy (non-hydrogen) atoms. The normalized spacial score (nSPS) is 12.0. The number of aromatic nitrogens is 8. The van der Waals surface area contributed by atoms with Crippen LogP contribution in [0.4, 0.5) is 0 Å². The van der Waals surface area contributed by atoms with E-state index in [1.54, 1.807) is 11.7 Å². The number of aryl methyl sites for hydroxylation is 1. The Morgan fingerprint density at radius 1 is 1.00 bits per heavy atom. The lowest BCUT2D eigenvalue weighted by atomic mass is 10.5. The zero-order valence-corrected chi connectivity index (χ0v) is 9.73. The van der Waals surface area contributed by atoms with Crippen LogP contribution in [0.15, 0.2) is 0 Å². The molecule has 0 aliphatic rings. The molecule has 0 N–H and O–H groups in total. The Kier molecular flexibility index (Phi) is 2.38. The molecular weight excluding hydrogens is 210 g/mol. The lowest BCUT2D eigenvalue weighted by molar-refractivity contribution is -0.893. The predicted molar refractivity (Wildman–Crippen MR) is 53.6 cm³/mol. The van der Waals surface area contributed by atoms with Crippen molar-refractivity contribution >= 4 is 0 Å². The van der Waals surface area contributed by atoms with Gasteiger partial charge in [-0.3, -0.25) is 0 Å². The molecule has 0 fully saturated rings. The quantitative estimate of drug-likeness (QED) is 0.591. The van der Waals surface area contributed by atoms with Crippen LogP contribution in [0, 0.1) is 0 Å². The SMILES string of the molecule is Cn1nnnc1-c1nnnn1C[N+](C)(C)C. The zero-order chi connectivity index (χ0) is 11.8. The first-order valence-corrected chi connectivity index (χ1v) is 4.77. The molecule has 2 aromatic rings. The smallest absolute Gasteiger partial charge is 0.226 e. The maximum atomic E-state index is 3.93. The van der Waals surface area contributed by atoms with Crippen LogP contribution >= 0.6 is 0 Å². The molecule has 0 bridgehead atoms. The monoisotopic (exact) mass is 224 g/mol. The van der Waals surface area contributed by atoms with Crippen molar-refractivity contribution in [1.29, 1.82) is 0 Å². The van der Waals surface area contributed by atoms with Gasteiger partial charge in [0, 0.05) is 7.05 Å². The van der Waals surface area contributed by atoms with Crippen molar-refractivity contribution in [1.82, 2.24) is 40.4 Å². The Balaban J connectivity index is 2.37. The van der Waals surface area contributed by atoms with Crippen molar-refractivity contribution in [3.05, 3.63) is 0 Å². The highest BCUT2D eigenvalue weighted by Crippen LogP contribution is 2.10. The summed E-state index contributed by atoms with van der Waals surface area (Å²) in [6.45, 7) is 0.648. The first-order valence-electron chi connectivity index (χ1n) is 4.77. The van der Waals surface area contributed by atoms with E-state index in [9.17, 15) is 0 Å². The van der Waals surface area contributed by atoms with E-state index in [4.69, 9.17) is 0 Å². The maximum Gasteiger partial charge on any atom is 0.226 e. The van der Waals surface area contributed by atoms with E-state index >= 15 is 0 Å². The van der Waals surface area contributed by atoms with Crippen molar-refractivity contribution < 1.29 is 4.48 Å². The summed E-state index contributed by atoms with van der Waals surface area (Å²) in [5, 5.41) is 22.7. The lowest BCUT2D eigenvalue weighted by Crippen LogP contribution is -2.37. The van der Waals surface area contributed by atoms with Gasteiger partial charge in [-0.2, -0.15) is 4.68 Å². The third-order valence-corrected chi connectivity index (χ3v) is 1.91. The highest BCUT2D eigenvalue weighted by Gasteiger charge is 2.19. The molecule has 0 radical (unpaired) electrons. The van der Waals surface area contributed by atoms with Gasteiger partial charge in [0.25, 0.3) is 0 Å². The second-order valence-corrected chi connectivity index (χ2v) is 4.56. The second kappa shape index (κ2) is 3.59. The van der Waals surface area contributed by atoms with Crippen molar-refractivity contribution in [2.24, 2.45) is 7.05 Å². The van der Waals surface area contributed by atoms with Crippen LogP contribution in [0.1, 0.15) is 0 Å². The molecule has 0 unspecified atom stereocenters. The average Bonchev–Trinajstić information content (AvgIpc) is 2.71. The highest BCUT2D eigenvalue weighted by molar-refractivity contribution is 5.40. The Morgan fingerprint density at radius 2 is 1.62 bits per heavy atom. The molecule has 9 nitrogen and oxygen atoms in total. The van der Waals surface area contributed by atoms with E-state index in [-0.39, 0.29) is 0 Å². The minimum Gasteiger partial charge on any atom is -0.312 e. The van der Waals surface area contributed by atoms with Gasteiger partial charge in [-0.15, -0.1) is 10.2 Å². The van der Waals surface area contributed by atoms with E-state index in [2.05, 4.69) is 52.2 Å². The second-order valence-electron chi connectivity index (χ2n) is 4.56. The number of rotatable bonds is 3. The van der Waals surface area contributed by atoms with Gasteiger partial charge >= 0.3 is 0 Å². The maximum absolute atomic E-state index is 3.93. The van der Waals surface area contributed by atoms with E-state index < -0.39 is 0 Å². The summed E-state index contributed by atoms with van der Waals surface area (Å²) in [6.07, 6.45) is 0. The minimum atomic E-state index is 0.554. The van der Waals surface area contributed by atoms with Gasteiger partial charge < -0.3 is 4.48 Å². The molecule has 9 heteroatoms. The van der Waals surface area contributed by atoms with Gasteiger partial charge in [0.1, 0.15) is 0 Å². The Labute approximate surface area is 92.2 Å². The van der Waals surface area contributed by atoms with Crippen LogP contribution in [0.3, 0.4) is 0 Å². The van der Waals surface area contributed by atoms with Gasteiger partial charge in [0.05, 0.1) is 21.1 Å². The molecule has 0 spiro atoms. The average molecular weight is 224 g/mol. The van der Waals surface area contributed by atoms with Gasteiger partial charge in [-0.1, -0.05) is 0 Å². The van der Waals surface area contributed by atoms with Crippen molar-refractivity contribution in [2.45, 2.75) is 6.67 Å². The molecule has 0 saturated heterocycles. The highest BCUT2D eigenvalue weighted by atomic mass is 15.6. The number of tetrazole rings is 2. The molecule has 0 aliphatic heterocycles. The summed E-state index contributed by atoms with van der Waals surface area (Å²) >= 11 is 0. The Hall–Kier alpha value is -1.90. The van der Waals surface area contributed by atoms with Crippen molar-refractivity contribution in [2.75, 3.05) is 21.1 Å². The fourth-order valence-electron chi connectivity index (χ4n) is 1.28. The molecule has 2 aromatic heterocycles. The molecule has 0 saturated carbocycles. The standard InChI is InChI=1S/C7H14N9/c1-14-6(8-10-12-14)7-9-11-13-15(7)5-16(2,3)4/h5H2,1-4H3/q+1. The van der Waals surface area contributed by atoms with Crippen LogP contribution in [-0.4, -0.2) is 66.0 Å². The number of hydrogen-bond acceptors (Lipinski definition) is 6. The topological polar surface area (TPSA) is 87.2 Å². The lowest BCUT2D eigenvalue weighted by Gasteiger charge is -2.23. The summed E-state index contributed by atoms with van der Waals surface area (Å²) in [5.74, 6) is 1.12. The molecule has 0 atom stereocenters. The minimum absolute atomic E-state index is 0.554. The molecule has 2 heterocycles. The molecule has 0 aromatic carbocycles. The van der Waals surface area contributed by atoms with Gasteiger partial charge in [0.15, 0.2) is 6.67 Å². The van der Waals surface area contributed by atoms with Crippen molar-refractivity contribution in [3.8, 4) is 11.6 Å². The van der Waals surface area contributed by atoms with Crippen LogP contribution in [0.25, 0.3) is 11.6 Å². The summed E-state index contributed by atoms with van der Waals surface area (Å²) in [7, 11) is 7.92. The molecular formula is C7H14N9+. The first-order chi connectivity index (χ1) is 7.47. The van der Waals surface area contributed by atoms with Gasteiger partial charge in [-0.25, -0.2) is 4.68 Å². The van der Waals surface area contributed by atoms with Crippen LogP contribution in [0.2, 0.25) is 0 Å². The first kappa shape index (κ1) is 10.6. The number of hydrogen-bond donors (Lipinski definition) is 0. The number of nitrogens with zero attached hydrogens (tertiary/aromatic N) is 9. The predicted octanol–water partition coefficient (Wildman–Crippen LogP) is -1.47. The molecule has 0 aliphatic carbocycles. The van der Waals surface area contributed by atoms with E-state index in [0.29, 0.717) is 22.8 Å². The summed E-state index contributed by atoms with van der Waals surface area (Å²) in [5.41, 5.74) is 0. The van der Waals surface area contributed by atoms with E-state index in [0.717, 1.165) is 0 Å². The Bertz CT molecular complexity index is 476. The zero-order valence-electron chi connectivity index (χ0n) is 9.73. The van der Waals surface area contributed by atoms with Crippen LogP contribution < -0.4 is 0 Å². The van der Waals surface area contributed by atoms with Gasteiger partial charge in [-0.05, 0) is 20.9 Å². The molecule has 0 amide bonds. The number of quaternary nitrogens is 1. The largest absolute Gasteiger partial charge is 0.312 e. The van der Waals surface area contributed by atoms with E-state index in [1.165, 1.54) is 4.68 Å². The summed E-state index contributed by atoms with van der Waals surface area (Å²) in [6, 6.07) is 0. The third-order valence-electron chi connectivity index (χ3n) is 1.91. The molecule has 2 rings (SSSR count). The van der Waals surface area contributed by atoms with Crippen molar-refractivity contribution in [3.63, 3.8) is 0 Å². The Morgan fingerprint density at radius 3 is 2.19 bits per heavy atom. The summed E-state index contributed by atoms with van der Waals surface area (Å²) < 4.78 is 3.94.